The summed E-state index contributed by atoms with van der Waals surface area (Å²) < 4.78 is 4.35. The van der Waals surface area contributed by atoms with Crippen molar-refractivity contribution in [1.82, 2.24) is 4.37 Å². The Morgan fingerprint density at radius 1 is 1.55 bits per heavy atom. The highest BCUT2D eigenvalue weighted by atomic mass is 32.1. The third kappa shape index (κ3) is 1.60. The van der Waals surface area contributed by atoms with Crippen molar-refractivity contribution >= 4 is 11.5 Å². The lowest BCUT2D eigenvalue weighted by Crippen LogP contribution is -2.10. The molecule has 11 heavy (non-hydrogen) atoms. The molecule has 0 fully saturated rings. The molecule has 0 bridgehead atoms. The van der Waals surface area contributed by atoms with Crippen LogP contribution in [-0.4, -0.2) is 10.9 Å². The maximum absolute atomic E-state index is 5.55. The molecule has 1 heterocycles. The summed E-state index contributed by atoms with van der Waals surface area (Å²) in [4.78, 5) is 1.31. The standard InChI is InChI=1S/C8H14N2S/c1-5(4-9)8-6(2)7(3)11-10-8/h5H,4,9H2,1-3H3. The molecule has 0 spiro atoms. The van der Waals surface area contributed by atoms with E-state index in [1.165, 1.54) is 16.1 Å². The van der Waals surface area contributed by atoms with E-state index >= 15 is 0 Å². The van der Waals surface area contributed by atoms with Crippen LogP contribution in [0.1, 0.15) is 29.0 Å². The first-order chi connectivity index (χ1) is 5.16. The molecule has 0 aromatic carbocycles. The zero-order valence-electron chi connectivity index (χ0n) is 7.22. The van der Waals surface area contributed by atoms with Gasteiger partial charge in [-0.05, 0) is 30.9 Å². The van der Waals surface area contributed by atoms with Crippen LogP contribution in [0.3, 0.4) is 0 Å². The van der Waals surface area contributed by atoms with Crippen molar-refractivity contribution in [3.63, 3.8) is 0 Å². The quantitative estimate of drug-likeness (QED) is 0.735. The van der Waals surface area contributed by atoms with E-state index in [9.17, 15) is 0 Å². The Labute approximate surface area is 71.6 Å². The molecule has 0 radical (unpaired) electrons. The molecule has 0 amide bonds. The van der Waals surface area contributed by atoms with E-state index in [4.69, 9.17) is 5.73 Å². The van der Waals surface area contributed by atoms with Crippen LogP contribution in [-0.2, 0) is 0 Å². The Kier molecular flexibility index (Phi) is 2.62. The Balaban J connectivity index is 2.94. The highest BCUT2D eigenvalue weighted by Gasteiger charge is 2.11. The van der Waals surface area contributed by atoms with Crippen LogP contribution in [0.2, 0.25) is 0 Å². The molecule has 62 valence electrons. The van der Waals surface area contributed by atoms with Crippen LogP contribution in [0.5, 0.6) is 0 Å². The molecule has 1 rings (SSSR count). The average Bonchev–Trinajstić information content (AvgIpc) is 2.32. The zero-order chi connectivity index (χ0) is 8.43. The van der Waals surface area contributed by atoms with Gasteiger partial charge in [0.05, 0.1) is 5.69 Å². The maximum Gasteiger partial charge on any atom is 0.0614 e. The summed E-state index contributed by atoms with van der Waals surface area (Å²) in [5.74, 6) is 0.403. The number of aryl methyl sites for hydroxylation is 1. The van der Waals surface area contributed by atoms with Gasteiger partial charge in [-0.2, -0.15) is 4.37 Å². The first-order valence-corrected chi connectivity index (χ1v) is 4.57. The molecule has 1 aromatic rings. The molecule has 1 unspecified atom stereocenters. The van der Waals surface area contributed by atoms with Crippen LogP contribution in [0.25, 0.3) is 0 Å². The molecule has 0 aliphatic heterocycles. The Hall–Kier alpha value is -0.410. The van der Waals surface area contributed by atoms with Crippen molar-refractivity contribution in [3.05, 3.63) is 16.1 Å². The second-order valence-corrected chi connectivity index (χ2v) is 3.86. The van der Waals surface area contributed by atoms with Crippen LogP contribution >= 0.6 is 11.5 Å². The Morgan fingerprint density at radius 2 is 2.18 bits per heavy atom. The van der Waals surface area contributed by atoms with Crippen molar-refractivity contribution in [3.8, 4) is 0 Å². The lowest BCUT2D eigenvalue weighted by atomic mass is 10.0. The Bertz CT molecular complexity index is 242. The third-order valence-electron chi connectivity index (χ3n) is 2.01. The number of hydrogen-bond acceptors (Lipinski definition) is 3. The minimum atomic E-state index is 0.403. The van der Waals surface area contributed by atoms with Gasteiger partial charge in [0.2, 0.25) is 0 Å². The highest BCUT2D eigenvalue weighted by Crippen LogP contribution is 2.22. The van der Waals surface area contributed by atoms with Gasteiger partial charge in [-0.3, -0.25) is 0 Å². The molecule has 1 atom stereocenters. The monoisotopic (exact) mass is 170 g/mol. The summed E-state index contributed by atoms with van der Waals surface area (Å²) in [5, 5.41) is 0. The summed E-state index contributed by atoms with van der Waals surface area (Å²) in [6.07, 6.45) is 0. The largest absolute Gasteiger partial charge is 0.330 e. The molecule has 3 heteroatoms. The smallest absolute Gasteiger partial charge is 0.0614 e. The molecule has 1 aromatic heterocycles. The minimum Gasteiger partial charge on any atom is -0.330 e. The van der Waals surface area contributed by atoms with Crippen LogP contribution in [0.15, 0.2) is 0 Å². The first kappa shape index (κ1) is 8.68. The van der Waals surface area contributed by atoms with E-state index in [0.29, 0.717) is 12.5 Å². The molecule has 0 aliphatic carbocycles. The summed E-state index contributed by atoms with van der Waals surface area (Å²) in [6, 6.07) is 0. The second kappa shape index (κ2) is 3.32. The number of hydrogen-bond donors (Lipinski definition) is 1. The SMILES string of the molecule is Cc1snc(C(C)CN)c1C. The molecule has 0 saturated heterocycles. The predicted molar refractivity (Wildman–Crippen MR) is 49.1 cm³/mol. The molecule has 2 nitrogen and oxygen atoms in total. The van der Waals surface area contributed by atoms with E-state index < -0.39 is 0 Å². The topological polar surface area (TPSA) is 38.9 Å². The van der Waals surface area contributed by atoms with Crippen molar-refractivity contribution < 1.29 is 0 Å². The van der Waals surface area contributed by atoms with Crippen LogP contribution in [0, 0.1) is 13.8 Å². The number of rotatable bonds is 2. The summed E-state index contributed by atoms with van der Waals surface area (Å²) in [7, 11) is 0. The molecule has 0 saturated carbocycles. The fourth-order valence-corrected chi connectivity index (χ4v) is 1.80. The number of aromatic nitrogens is 1. The van der Waals surface area contributed by atoms with Crippen molar-refractivity contribution in [1.29, 1.82) is 0 Å². The van der Waals surface area contributed by atoms with E-state index in [1.54, 1.807) is 11.5 Å². The number of nitrogens with two attached hydrogens (primary N) is 1. The van der Waals surface area contributed by atoms with Gasteiger partial charge in [-0.1, -0.05) is 6.92 Å². The van der Waals surface area contributed by atoms with Gasteiger partial charge in [0.1, 0.15) is 0 Å². The lowest BCUT2D eigenvalue weighted by molar-refractivity contribution is 0.749. The minimum absolute atomic E-state index is 0.403. The van der Waals surface area contributed by atoms with Gasteiger partial charge >= 0.3 is 0 Å². The average molecular weight is 170 g/mol. The van der Waals surface area contributed by atoms with Crippen LogP contribution in [0.4, 0.5) is 0 Å². The first-order valence-electron chi connectivity index (χ1n) is 3.79. The number of nitrogens with zero attached hydrogens (tertiary/aromatic N) is 1. The van der Waals surface area contributed by atoms with E-state index in [1.807, 2.05) is 0 Å². The lowest BCUT2D eigenvalue weighted by Gasteiger charge is -2.05. The second-order valence-electron chi connectivity index (χ2n) is 2.89. The van der Waals surface area contributed by atoms with Gasteiger partial charge in [0.15, 0.2) is 0 Å². The fourth-order valence-electron chi connectivity index (χ4n) is 1.01. The molecular weight excluding hydrogens is 156 g/mol. The zero-order valence-corrected chi connectivity index (χ0v) is 8.03. The van der Waals surface area contributed by atoms with Gasteiger partial charge in [-0.15, -0.1) is 0 Å². The Morgan fingerprint density at radius 3 is 2.55 bits per heavy atom. The third-order valence-corrected chi connectivity index (χ3v) is 2.88. The van der Waals surface area contributed by atoms with Gasteiger partial charge in [0, 0.05) is 17.3 Å². The summed E-state index contributed by atoms with van der Waals surface area (Å²) in [6.45, 7) is 7.01. The fraction of sp³-hybridized carbons (Fsp3) is 0.625. The maximum atomic E-state index is 5.55. The van der Waals surface area contributed by atoms with Crippen LogP contribution < -0.4 is 5.73 Å². The van der Waals surface area contributed by atoms with E-state index in [0.717, 1.165) is 0 Å². The van der Waals surface area contributed by atoms with Gasteiger partial charge in [0.25, 0.3) is 0 Å². The summed E-state index contributed by atoms with van der Waals surface area (Å²) >= 11 is 1.57. The van der Waals surface area contributed by atoms with Gasteiger partial charge < -0.3 is 5.73 Å². The predicted octanol–water partition coefficient (Wildman–Crippen LogP) is 1.82. The van der Waals surface area contributed by atoms with E-state index in [-0.39, 0.29) is 0 Å². The molecule has 0 aliphatic rings. The van der Waals surface area contributed by atoms with E-state index in [2.05, 4.69) is 25.1 Å². The normalized spacial score (nSPS) is 13.5. The molecular formula is C8H14N2S. The highest BCUT2D eigenvalue weighted by molar-refractivity contribution is 7.05. The van der Waals surface area contributed by atoms with Crippen molar-refractivity contribution in [2.75, 3.05) is 6.54 Å². The summed E-state index contributed by atoms with van der Waals surface area (Å²) in [5.41, 5.74) is 8.04. The van der Waals surface area contributed by atoms with Crippen molar-refractivity contribution in [2.45, 2.75) is 26.7 Å². The van der Waals surface area contributed by atoms with Gasteiger partial charge in [-0.25, -0.2) is 0 Å². The molecule has 2 N–H and O–H groups in total. The van der Waals surface area contributed by atoms with Crippen molar-refractivity contribution in [2.24, 2.45) is 5.73 Å².